The van der Waals surface area contributed by atoms with Crippen LogP contribution in [0.4, 0.5) is 0 Å². The van der Waals surface area contributed by atoms with Crippen molar-refractivity contribution in [2.75, 3.05) is 0 Å². The largest absolute Gasteiger partial charge is 0.418 e. The van der Waals surface area contributed by atoms with Gasteiger partial charge in [0.15, 0.2) is 0 Å². The molecule has 0 N–H and O–H groups in total. The maximum atomic E-state index is 11.0. The minimum atomic E-state index is -1.08. The van der Waals surface area contributed by atoms with E-state index in [1.54, 1.807) is 6.08 Å². The van der Waals surface area contributed by atoms with Crippen LogP contribution in [0.2, 0.25) is 0 Å². The molecule has 0 aromatic rings. The maximum Gasteiger partial charge on any atom is 0.320 e. The number of hydrogen-bond acceptors (Lipinski definition) is 4. The highest BCUT2D eigenvalue weighted by molar-refractivity contribution is 5.93. The zero-order valence-electron chi connectivity index (χ0n) is 7.12. The van der Waals surface area contributed by atoms with Crippen molar-refractivity contribution in [2.24, 2.45) is 0 Å². The first-order valence-corrected chi connectivity index (χ1v) is 4.32. The fraction of sp³-hybridized carbons (Fsp3) is 0.556. The van der Waals surface area contributed by atoms with Crippen LogP contribution in [0.5, 0.6) is 0 Å². The molecule has 1 fully saturated rings. The predicted molar refractivity (Wildman–Crippen MR) is 42.5 cm³/mol. The van der Waals surface area contributed by atoms with Gasteiger partial charge in [-0.15, -0.1) is 0 Å². The van der Waals surface area contributed by atoms with Gasteiger partial charge < -0.3 is 9.47 Å². The zero-order valence-corrected chi connectivity index (χ0v) is 7.12. The highest BCUT2D eigenvalue weighted by Gasteiger charge is 2.41. The molecule has 0 aromatic carbocycles. The third kappa shape index (κ3) is 1.56. The van der Waals surface area contributed by atoms with E-state index in [4.69, 9.17) is 9.47 Å². The van der Waals surface area contributed by atoms with E-state index in [-0.39, 0.29) is 6.42 Å². The highest BCUT2D eigenvalue weighted by atomic mass is 16.7. The van der Waals surface area contributed by atoms with E-state index in [2.05, 4.69) is 0 Å². The van der Waals surface area contributed by atoms with Crippen molar-refractivity contribution < 1.29 is 19.1 Å². The second kappa shape index (κ2) is 2.87. The molecule has 1 saturated heterocycles. The summed E-state index contributed by atoms with van der Waals surface area (Å²) in [7, 11) is 0. The van der Waals surface area contributed by atoms with Gasteiger partial charge in [-0.05, 0) is 18.9 Å². The Morgan fingerprint density at radius 3 is 2.46 bits per heavy atom. The van der Waals surface area contributed by atoms with E-state index < -0.39 is 17.7 Å². The topological polar surface area (TPSA) is 52.6 Å². The molecule has 0 saturated carbocycles. The van der Waals surface area contributed by atoms with E-state index in [1.165, 1.54) is 0 Å². The minimum absolute atomic E-state index is 0.268. The van der Waals surface area contributed by atoms with Crippen LogP contribution in [0.1, 0.15) is 25.7 Å². The SMILES string of the molecule is O=C1CC(=O)OC2(C=CCCC2)O1. The summed E-state index contributed by atoms with van der Waals surface area (Å²) in [5, 5.41) is 0. The smallest absolute Gasteiger partial charge is 0.320 e. The Labute approximate surface area is 75.5 Å². The van der Waals surface area contributed by atoms with Crippen LogP contribution in [0, 0.1) is 0 Å². The van der Waals surface area contributed by atoms with Crippen molar-refractivity contribution >= 4 is 11.9 Å². The third-order valence-corrected chi connectivity index (χ3v) is 2.13. The number of allylic oxidation sites excluding steroid dienone is 1. The first-order valence-electron chi connectivity index (χ1n) is 4.32. The summed E-state index contributed by atoms with van der Waals surface area (Å²) in [6.45, 7) is 0. The van der Waals surface area contributed by atoms with Crippen LogP contribution in [-0.4, -0.2) is 17.7 Å². The van der Waals surface area contributed by atoms with Crippen LogP contribution in [-0.2, 0) is 19.1 Å². The molecule has 2 rings (SSSR count). The predicted octanol–water partition coefficient (Wildman–Crippen LogP) is 0.913. The number of ether oxygens (including phenoxy) is 2. The van der Waals surface area contributed by atoms with Crippen molar-refractivity contribution in [2.45, 2.75) is 31.5 Å². The van der Waals surface area contributed by atoms with E-state index in [9.17, 15) is 9.59 Å². The lowest BCUT2D eigenvalue weighted by Gasteiger charge is -2.34. The molecule has 4 heteroatoms. The minimum Gasteiger partial charge on any atom is -0.418 e. The van der Waals surface area contributed by atoms with E-state index in [0.29, 0.717) is 6.42 Å². The van der Waals surface area contributed by atoms with Crippen LogP contribution in [0.15, 0.2) is 12.2 Å². The van der Waals surface area contributed by atoms with Crippen molar-refractivity contribution in [3.8, 4) is 0 Å². The standard InChI is InChI=1S/C9H10O4/c10-7-6-8(11)13-9(12-7)4-2-1-3-5-9/h2,4H,1,3,5-6H2. The highest BCUT2D eigenvalue weighted by Crippen LogP contribution is 2.31. The molecule has 1 aliphatic carbocycles. The quantitative estimate of drug-likeness (QED) is 0.317. The van der Waals surface area contributed by atoms with Gasteiger partial charge in [-0.3, -0.25) is 9.59 Å². The molecule has 0 atom stereocenters. The Bertz CT molecular complexity index is 263. The summed E-state index contributed by atoms with van der Waals surface area (Å²) in [6, 6.07) is 0. The Balaban J connectivity index is 2.21. The van der Waals surface area contributed by atoms with Gasteiger partial charge in [0, 0.05) is 6.42 Å². The van der Waals surface area contributed by atoms with Gasteiger partial charge in [0.2, 0.25) is 0 Å². The lowest BCUT2D eigenvalue weighted by molar-refractivity contribution is -0.230. The summed E-state index contributed by atoms with van der Waals surface area (Å²) >= 11 is 0. The monoisotopic (exact) mass is 182 g/mol. The molecule has 0 aromatic heterocycles. The number of rotatable bonds is 0. The van der Waals surface area contributed by atoms with Crippen LogP contribution >= 0.6 is 0 Å². The van der Waals surface area contributed by atoms with Gasteiger partial charge in [0.1, 0.15) is 6.42 Å². The molecule has 0 unspecified atom stereocenters. The molecule has 4 nitrogen and oxygen atoms in total. The molecule has 2 aliphatic rings. The Kier molecular flexibility index (Phi) is 1.83. The average Bonchev–Trinajstić information content (AvgIpc) is 2.02. The number of hydrogen-bond donors (Lipinski definition) is 0. The molecule has 13 heavy (non-hydrogen) atoms. The van der Waals surface area contributed by atoms with Gasteiger partial charge in [-0.2, -0.15) is 0 Å². The molecule has 1 spiro atoms. The molecule has 0 amide bonds. The Morgan fingerprint density at radius 2 is 1.92 bits per heavy atom. The normalized spacial score (nSPS) is 25.5. The van der Waals surface area contributed by atoms with Gasteiger partial charge >= 0.3 is 11.9 Å². The van der Waals surface area contributed by atoms with Gasteiger partial charge in [-0.25, -0.2) is 0 Å². The van der Waals surface area contributed by atoms with Crippen LogP contribution in [0.3, 0.4) is 0 Å². The van der Waals surface area contributed by atoms with Crippen molar-refractivity contribution in [3.05, 3.63) is 12.2 Å². The molecule has 1 aliphatic heterocycles. The fourth-order valence-electron chi connectivity index (χ4n) is 1.58. The summed E-state index contributed by atoms with van der Waals surface area (Å²) in [5.41, 5.74) is 0. The van der Waals surface area contributed by atoms with E-state index in [1.807, 2.05) is 6.08 Å². The second-order valence-electron chi connectivity index (χ2n) is 3.23. The lowest BCUT2D eigenvalue weighted by atomic mass is 10.0. The van der Waals surface area contributed by atoms with Crippen molar-refractivity contribution in [1.29, 1.82) is 0 Å². The van der Waals surface area contributed by atoms with Crippen LogP contribution < -0.4 is 0 Å². The summed E-state index contributed by atoms with van der Waals surface area (Å²) in [6.07, 6.45) is 5.64. The number of carbonyl (C=O) groups is 2. The van der Waals surface area contributed by atoms with Gasteiger partial charge in [0.25, 0.3) is 5.79 Å². The maximum absolute atomic E-state index is 11.0. The van der Waals surface area contributed by atoms with E-state index >= 15 is 0 Å². The molecule has 0 radical (unpaired) electrons. The molecular formula is C9H10O4. The van der Waals surface area contributed by atoms with Crippen molar-refractivity contribution in [1.82, 2.24) is 0 Å². The van der Waals surface area contributed by atoms with Crippen molar-refractivity contribution in [3.63, 3.8) is 0 Å². The average molecular weight is 182 g/mol. The second-order valence-corrected chi connectivity index (χ2v) is 3.23. The Hall–Kier alpha value is -1.32. The zero-order chi connectivity index (χ0) is 9.31. The summed E-state index contributed by atoms with van der Waals surface area (Å²) < 4.78 is 10.0. The number of esters is 2. The first-order chi connectivity index (χ1) is 6.20. The first kappa shape index (κ1) is 8.29. The third-order valence-electron chi connectivity index (χ3n) is 2.13. The Morgan fingerprint density at radius 1 is 1.23 bits per heavy atom. The molecule has 0 bridgehead atoms. The molecular weight excluding hydrogens is 172 g/mol. The lowest BCUT2D eigenvalue weighted by Crippen LogP contribution is -2.44. The van der Waals surface area contributed by atoms with Crippen LogP contribution in [0.25, 0.3) is 0 Å². The van der Waals surface area contributed by atoms with Gasteiger partial charge in [-0.1, -0.05) is 6.08 Å². The fourth-order valence-corrected chi connectivity index (χ4v) is 1.58. The van der Waals surface area contributed by atoms with Gasteiger partial charge in [0.05, 0.1) is 0 Å². The van der Waals surface area contributed by atoms with E-state index in [0.717, 1.165) is 12.8 Å². The summed E-state index contributed by atoms with van der Waals surface area (Å²) in [5.74, 6) is -2.07. The number of carbonyl (C=O) groups excluding carboxylic acids is 2. The molecule has 1 heterocycles. The molecule has 70 valence electrons. The summed E-state index contributed by atoms with van der Waals surface area (Å²) in [4.78, 5) is 22.0.